The number of para-hydroxylation sites is 2. The SMILES string of the molecule is Cc1ccccc1NC(=O)N1CCCC1C(=O)Nc1ccccc1-c1ccccc1. The second-order valence-electron chi connectivity index (χ2n) is 7.50. The molecule has 3 amide bonds. The van der Waals surface area contributed by atoms with E-state index in [0.717, 1.165) is 34.5 Å². The highest BCUT2D eigenvalue weighted by Gasteiger charge is 2.34. The van der Waals surface area contributed by atoms with E-state index in [4.69, 9.17) is 0 Å². The quantitative estimate of drug-likeness (QED) is 0.626. The number of anilines is 2. The van der Waals surface area contributed by atoms with Gasteiger partial charge < -0.3 is 15.5 Å². The summed E-state index contributed by atoms with van der Waals surface area (Å²) in [7, 11) is 0. The van der Waals surface area contributed by atoms with Crippen molar-refractivity contribution in [1.29, 1.82) is 0 Å². The molecule has 1 aliphatic rings. The van der Waals surface area contributed by atoms with Crippen molar-refractivity contribution in [3.63, 3.8) is 0 Å². The monoisotopic (exact) mass is 399 g/mol. The van der Waals surface area contributed by atoms with Gasteiger partial charge in [0.15, 0.2) is 0 Å². The van der Waals surface area contributed by atoms with E-state index in [0.29, 0.717) is 13.0 Å². The third kappa shape index (κ3) is 4.20. The summed E-state index contributed by atoms with van der Waals surface area (Å²) < 4.78 is 0. The van der Waals surface area contributed by atoms with E-state index in [1.54, 1.807) is 4.90 Å². The standard InChI is InChI=1S/C25H25N3O2/c1-18-10-5-7-14-21(18)27-25(30)28-17-9-16-23(28)24(29)26-22-15-8-6-13-20(22)19-11-3-2-4-12-19/h2-8,10-15,23H,9,16-17H2,1H3,(H,26,29)(H,27,30). The van der Waals surface area contributed by atoms with E-state index < -0.39 is 6.04 Å². The molecule has 2 N–H and O–H groups in total. The Balaban J connectivity index is 1.50. The van der Waals surface area contributed by atoms with Crippen LogP contribution in [-0.2, 0) is 4.79 Å². The van der Waals surface area contributed by atoms with Crippen LogP contribution in [0.2, 0.25) is 0 Å². The molecule has 0 bridgehead atoms. The molecule has 30 heavy (non-hydrogen) atoms. The minimum absolute atomic E-state index is 0.157. The number of carbonyl (C=O) groups excluding carboxylic acids is 2. The van der Waals surface area contributed by atoms with Gasteiger partial charge in [0.25, 0.3) is 0 Å². The molecule has 0 spiro atoms. The predicted octanol–water partition coefficient (Wildman–Crippen LogP) is 5.30. The number of nitrogens with zero attached hydrogens (tertiary/aromatic N) is 1. The minimum Gasteiger partial charge on any atom is -0.324 e. The van der Waals surface area contributed by atoms with E-state index in [9.17, 15) is 9.59 Å². The highest BCUT2D eigenvalue weighted by molar-refractivity contribution is 6.01. The molecule has 1 heterocycles. The maximum Gasteiger partial charge on any atom is 0.322 e. The van der Waals surface area contributed by atoms with Crippen LogP contribution in [0.1, 0.15) is 18.4 Å². The topological polar surface area (TPSA) is 61.4 Å². The average Bonchev–Trinajstić information content (AvgIpc) is 3.27. The van der Waals surface area contributed by atoms with Crippen molar-refractivity contribution in [2.75, 3.05) is 17.2 Å². The van der Waals surface area contributed by atoms with E-state index in [2.05, 4.69) is 10.6 Å². The summed E-state index contributed by atoms with van der Waals surface area (Å²) in [6.45, 7) is 2.51. The van der Waals surface area contributed by atoms with Gasteiger partial charge in [-0.25, -0.2) is 4.79 Å². The van der Waals surface area contributed by atoms with Crippen LogP contribution in [0, 0.1) is 6.92 Å². The number of amides is 3. The molecule has 4 rings (SSSR count). The number of hydrogen-bond donors (Lipinski definition) is 2. The van der Waals surface area contributed by atoms with Gasteiger partial charge >= 0.3 is 6.03 Å². The lowest BCUT2D eigenvalue weighted by Crippen LogP contribution is -2.45. The summed E-state index contributed by atoms with van der Waals surface area (Å²) in [5.74, 6) is -0.157. The summed E-state index contributed by atoms with van der Waals surface area (Å²) in [4.78, 5) is 27.6. The molecule has 1 saturated heterocycles. The van der Waals surface area contributed by atoms with Gasteiger partial charge in [-0.15, -0.1) is 0 Å². The first-order chi connectivity index (χ1) is 14.6. The van der Waals surface area contributed by atoms with Gasteiger partial charge in [0.1, 0.15) is 6.04 Å². The molecule has 1 fully saturated rings. The van der Waals surface area contributed by atoms with Gasteiger partial charge in [0.05, 0.1) is 0 Å². The fourth-order valence-electron chi connectivity index (χ4n) is 3.86. The van der Waals surface area contributed by atoms with Crippen molar-refractivity contribution in [1.82, 2.24) is 4.90 Å². The van der Waals surface area contributed by atoms with Gasteiger partial charge in [-0.2, -0.15) is 0 Å². The molecule has 0 aromatic heterocycles. The molecule has 3 aromatic carbocycles. The van der Waals surface area contributed by atoms with Crippen LogP contribution in [0.25, 0.3) is 11.1 Å². The smallest absolute Gasteiger partial charge is 0.322 e. The Bertz CT molecular complexity index is 1050. The largest absolute Gasteiger partial charge is 0.324 e. The number of carbonyl (C=O) groups is 2. The summed E-state index contributed by atoms with van der Waals surface area (Å²) in [6.07, 6.45) is 1.46. The van der Waals surface area contributed by atoms with Gasteiger partial charge in [-0.05, 0) is 43.0 Å². The second-order valence-corrected chi connectivity index (χ2v) is 7.50. The first kappa shape index (κ1) is 19.7. The Labute approximate surface area is 176 Å². The predicted molar refractivity (Wildman–Crippen MR) is 120 cm³/mol. The molecule has 1 aliphatic heterocycles. The first-order valence-corrected chi connectivity index (χ1v) is 10.2. The minimum atomic E-state index is -0.488. The summed E-state index contributed by atoms with van der Waals surface area (Å²) >= 11 is 0. The van der Waals surface area contributed by atoms with Crippen LogP contribution < -0.4 is 10.6 Å². The molecule has 152 valence electrons. The Morgan fingerprint density at radius 2 is 1.50 bits per heavy atom. The van der Waals surface area contributed by atoms with E-state index >= 15 is 0 Å². The first-order valence-electron chi connectivity index (χ1n) is 10.2. The molecular formula is C25H25N3O2. The Kier molecular flexibility index (Phi) is 5.80. The third-order valence-electron chi connectivity index (χ3n) is 5.47. The average molecular weight is 399 g/mol. The van der Waals surface area contributed by atoms with Gasteiger partial charge in [0.2, 0.25) is 5.91 Å². The Morgan fingerprint density at radius 3 is 2.27 bits per heavy atom. The van der Waals surface area contributed by atoms with E-state index in [-0.39, 0.29) is 11.9 Å². The maximum absolute atomic E-state index is 13.1. The van der Waals surface area contributed by atoms with Crippen molar-refractivity contribution in [3.05, 3.63) is 84.4 Å². The molecule has 5 heteroatoms. The third-order valence-corrected chi connectivity index (χ3v) is 5.47. The number of benzene rings is 3. The zero-order chi connectivity index (χ0) is 20.9. The Hall–Kier alpha value is -3.60. The number of aryl methyl sites for hydroxylation is 1. The molecule has 1 atom stereocenters. The molecule has 0 saturated carbocycles. The van der Waals surface area contributed by atoms with Gasteiger partial charge in [-0.3, -0.25) is 4.79 Å². The molecule has 0 radical (unpaired) electrons. The summed E-state index contributed by atoms with van der Waals surface area (Å²) in [6, 6.07) is 24.6. The van der Waals surface area contributed by atoms with Crippen LogP contribution in [0.3, 0.4) is 0 Å². The van der Waals surface area contributed by atoms with Crippen LogP contribution in [0.5, 0.6) is 0 Å². The van der Waals surface area contributed by atoms with E-state index in [1.807, 2.05) is 85.8 Å². The van der Waals surface area contributed by atoms with Crippen LogP contribution in [-0.4, -0.2) is 29.4 Å². The lowest BCUT2D eigenvalue weighted by Gasteiger charge is -2.25. The molecular weight excluding hydrogens is 374 g/mol. The van der Waals surface area contributed by atoms with Gasteiger partial charge in [-0.1, -0.05) is 66.7 Å². The summed E-state index contributed by atoms with van der Waals surface area (Å²) in [5.41, 5.74) is 4.50. The van der Waals surface area contributed by atoms with Crippen molar-refractivity contribution in [2.24, 2.45) is 0 Å². The zero-order valence-electron chi connectivity index (χ0n) is 17.0. The maximum atomic E-state index is 13.1. The lowest BCUT2D eigenvalue weighted by molar-refractivity contribution is -0.119. The fraction of sp³-hybridized carbons (Fsp3) is 0.200. The van der Waals surface area contributed by atoms with Crippen molar-refractivity contribution in [2.45, 2.75) is 25.8 Å². The van der Waals surface area contributed by atoms with Crippen LogP contribution >= 0.6 is 0 Å². The molecule has 3 aromatic rings. The number of urea groups is 1. The summed E-state index contributed by atoms with van der Waals surface area (Å²) in [5, 5.41) is 6.00. The van der Waals surface area contributed by atoms with Crippen molar-refractivity contribution >= 4 is 23.3 Å². The number of rotatable bonds is 4. The van der Waals surface area contributed by atoms with Crippen LogP contribution in [0.4, 0.5) is 16.2 Å². The lowest BCUT2D eigenvalue weighted by atomic mass is 10.0. The molecule has 0 aliphatic carbocycles. The van der Waals surface area contributed by atoms with Crippen molar-refractivity contribution in [3.8, 4) is 11.1 Å². The number of nitrogens with one attached hydrogen (secondary N) is 2. The van der Waals surface area contributed by atoms with Gasteiger partial charge in [0, 0.05) is 23.5 Å². The second kappa shape index (κ2) is 8.82. The Morgan fingerprint density at radius 1 is 0.833 bits per heavy atom. The normalized spacial score (nSPS) is 15.6. The molecule has 1 unspecified atom stereocenters. The molecule has 5 nitrogen and oxygen atoms in total. The zero-order valence-corrected chi connectivity index (χ0v) is 17.0. The van der Waals surface area contributed by atoms with E-state index in [1.165, 1.54) is 0 Å². The fourth-order valence-corrected chi connectivity index (χ4v) is 3.86. The highest BCUT2D eigenvalue weighted by atomic mass is 16.2. The number of hydrogen-bond acceptors (Lipinski definition) is 2. The highest BCUT2D eigenvalue weighted by Crippen LogP contribution is 2.29. The number of likely N-dealkylation sites (tertiary alicyclic amines) is 1. The van der Waals surface area contributed by atoms with Crippen molar-refractivity contribution < 1.29 is 9.59 Å². The van der Waals surface area contributed by atoms with Crippen LogP contribution in [0.15, 0.2) is 78.9 Å².